The first-order valence-corrected chi connectivity index (χ1v) is 12.2. The molecule has 2 N–H and O–H groups in total. The Kier molecular flexibility index (Phi) is 7.39. The molecule has 7 nitrogen and oxygen atoms in total. The van der Waals surface area contributed by atoms with Crippen LogP contribution in [0.15, 0.2) is 4.99 Å². The number of hydrogen-bond donors (Lipinski definition) is 2. The lowest BCUT2D eigenvalue weighted by atomic mass is 9.73. The fourth-order valence-corrected chi connectivity index (χ4v) is 5.67. The van der Waals surface area contributed by atoms with Crippen molar-refractivity contribution in [3.63, 3.8) is 0 Å². The van der Waals surface area contributed by atoms with E-state index in [1.807, 2.05) is 0 Å². The summed E-state index contributed by atoms with van der Waals surface area (Å²) in [5.74, 6) is 0.890. The van der Waals surface area contributed by atoms with Gasteiger partial charge in [-0.15, -0.1) is 0 Å². The van der Waals surface area contributed by atoms with Crippen LogP contribution < -0.4 is 10.0 Å². The number of hydrogen-bond acceptors (Lipinski definition) is 4. The van der Waals surface area contributed by atoms with E-state index in [4.69, 9.17) is 4.74 Å². The van der Waals surface area contributed by atoms with E-state index >= 15 is 0 Å². The van der Waals surface area contributed by atoms with Crippen molar-refractivity contribution in [1.29, 1.82) is 0 Å². The molecule has 27 heavy (non-hydrogen) atoms. The number of ether oxygens (including phenoxy) is 1. The summed E-state index contributed by atoms with van der Waals surface area (Å²) in [6.45, 7) is 3.56. The molecular formula is C19H36N4O3S. The van der Waals surface area contributed by atoms with E-state index in [-0.39, 0.29) is 11.9 Å². The number of aliphatic imine (C=N–C) groups is 1. The van der Waals surface area contributed by atoms with Crippen molar-refractivity contribution in [3.8, 4) is 0 Å². The topological polar surface area (TPSA) is 83.0 Å². The maximum atomic E-state index is 12.2. The molecule has 156 valence electrons. The van der Waals surface area contributed by atoms with Gasteiger partial charge in [0.15, 0.2) is 5.96 Å². The van der Waals surface area contributed by atoms with Crippen LogP contribution in [-0.4, -0.2) is 71.0 Å². The lowest BCUT2D eigenvalue weighted by Crippen LogP contribution is -2.44. The molecule has 2 aliphatic heterocycles. The monoisotopic (exact) mass is 400 g/mol. The van der Waals surface area contributed by atoms with Crippen LogP contribution >= 0.6 is 0 Å². The molecule has 0 bridgehead atoms. The van der Waals surface area contributed by atoms with E-state index in [9.17, 15) is 8.42 Å². The number of rotatable bonds is 6. The summed E-state index contributed by atoms with van der Waals surface area (Å²) in [5, 5.41) is 3.25. The summed E-state index contributed by atoms with van der Waals surface area (Å²) in [7, 11) is -1.52. The van der Waals surface area contributed by atoms with E-state index in [2.05, 4.69) is 19.9 Å². The second kappa shape index (κ2) is 9.56. The van der Waals surface area contributed by atoms with Crippen LogP contribution in [-0.2, 0) is 14.8 Å². The van der Waals surface area contributed by atoms with Crippen LogP contribution in [0.3, 0.4) is 0 Å². The molecule has 0 radical (unpaired) electrons. The predicted molar refractivity (Wildman–Crippen MR) is 108 cm³/mol. The Morgan fingerprint density at radius 2 is 2.00 bits per heavy atom. The fraction of sp³-hybridized carbons (Fsp3) is 0.947. The maximum absolute atomic E-state index is 12.2. The SMILES string of the molecule is CN=C(NCCS(=O)(=O)NCC1CCCCO1)N1CCC2(CCCCC2)C1. The van der Waals surface area contributed by atoms with Gasteiger partial charge in [0.1, 0.15) is 0 Å². The van der Waals surface area contributed by atoms with Crippen LogP contribution in [0.4, 0.5) is 0 Å². The summed E-state index contributed by atoms with van der Waals surface area (Å²) in [4.78, 5) is 6.69. The van der Waals surface area contributed by atoms with E-state index in [0.29, 0.717) is 18.5 Å². The molecule has 0 amide bonds. The zero-order valence-corrected chi connectivity index (χ0v) is 17.5. The lowest BCUT2D eigenvalue weighted by Gasteiger charge is -2.33. The fourth-order valence-electron chi connectivity index (χ4n) is 4.72. The molecule has 2 saturated heterocycles. The average Bonchev–Trinajstić information content (AvgIpc) is 3.08. The number of nitrogens with one attached hydrogen (secondary N) is 2. The molecule has 2 heterocycles. The molecule has 3 fully saturated rings. The van der Waals surface area contributed by atoms with Gasteiger partial charge in [-0.25, -0.2) is 13.1 Å². The van der Waals surface area contributed by atoms with Gasteiger partial charge >= 0.3 is 0 Å². The van der Waals surface area contributed by atoms with Gasteiger partial charge in [-0.2, -0.15) is 0 Å². The van der Waals surface area contributed by atoms with Crippen molar-refractivity contribution >= 4 is 16.0 Å². The Hall–Kier alpha value is -0.860. The highest BCUT2D eigenvalue weighted by Crippen LogP contribution is 2.43. The Labute approximate surface area is 164 Å². The highest BCUT2D eigenvalue weighted by molar-refractivity contribution is 7.89. The van der Waals surface area contributed by atoms with E-state index in [1.54, 1.807) is 7.05 Å². The highest BCUT2D eigenvalue weighted by Gasteiger charge is 2.39. The number of likely N-dealkylation sites (tertiary alicyclic amines) is 1. The van der Waals surface area contributed by atoms with Crippen LogP contribution in [0.25, 0.3) is 0 Å². The highest BCUT2D eigenvalue weighted by atomic mass is 32.2. The molecule has 8 heteroatoms. The molecule has 0 aromatic heterocycles. The smallest absolute Gasteiger partial charge is 0.213 e. The molecule has 1 atom stereocenters. The molecule has 1 saturated carbocycles. The lowest BCUT2D eigenvalue weighted by molar-refractivity contribution is 0.0200. The van der Waals surface area contributed by atoms with Crippen molar-refractivity contribution in [2.75, 3.05) is 45.6 Å². The standard InChI is InChI=1S/C19H36N4O3S/c1-20-18(23-12-10-19(16-23)8-4-2-5-9-19)21-11-14-27(24,25)22-15-17-7-3-6-13-26-17/h17,22H,2-16H2,1H3,(H,20,21). The van der Waals surface area contributed by atoms with Gasteiger partial charge in [-0.05, 0) is 43.9 Å². The zero-order chi connectivity index (χ0) is 19.2. The number of sulfonamides is 1. The van der Waals surface area contributed by atoms with Crippen molar-refractivity contribution < 1.29 is 13.2 Å². The second-order valence-electron chi connectivity index (χ2n) is 8.36. The molecule has 0 aromatic carbocycles. The minimum atomic E-state index is -3.30. The average molecular weight is 401 g/mol. The van der Waals surface area contributed by atoms with Crippen LogP contribution in [0.2, 0.25) is 0 Å². The van der Waals surface area contributed by atoms with Crippen LogP contribution in [0, 0.1) is 5.41 Å². The van der Waals surface area contributed by atoms with Gasteiger partial charge in [0, 0.05) is 39.8 Å². The maximum Gasteiger partial charge on any atom is 0.213 e. The van der Waals surface area contributed by atoms with Gasteiger partial charge in [0.25, 0.3) is 0 Å². The van der Waals surface area contributed by atoms with Crippen LogP contribution in [0.1, 0.15) is 57.8 Å². The van der Waals surface area contributed by atoms with E-state index < -0.39 is 10.0 Å². The predicted octanol–water partition coefficient (Wildman–Crippen LogP) is 1.71. The second-order valence-corrected chi connectivity index (χ2v) is 10.3. The van der Waals surface area contributed by atoms with Crippen molar-refractivity contribution in [1.82, 2.24) is 14.9 Å². The van der Waals surface area contributed by atoms with Gasteiger partial charge in [0.2, 0.25) is 10.0 Å². The first-order valence-electron chi connectivity index (χ1n) is 10.6. The van der Waals surface area contributed by atoms with Crippen molar-refractivity contribution in [2.45, 2.75) is 63.9 Å². The minimum absolute atomic E-state index is 0.0190. The summed E-state index contributed by atoms with van der Waals surface area (Å²) in [6, 6.07) is 0. The van der Waals surface area contributed by atoms with E-state index in [0.717, 1.165) is 44.9 Å². The van der Waals surface area contributed by atoms with Gasteiger partial charge < -0.3 is 15.0 Å². The molecule has 3 aliphatic rings. The third-order valence-electron chi connectivity index (χ3n) is 6.32. The Morgan fingerprint density at radius 3 is 2.70 bits per heavy atom. The quantitative estimate of drug-likeness (QED) is 0.524. The number of guanidine groups is 1. The molecule has 1 aliphatic carbocycles. The zero-order valence-electron chi connectivity index (χ0n) is 16.7. The van der Waals surface area contributed by atoms with Crippen molar-refractivity contribution in [3.05, 3.63) is 0 Å². The third kappa shape index (κ3) is 6.06. The normalized spacial score (nSPS) is 26.5. The summed E-state index contributed by atoms with van der Waals surface area (Å²) in [5.41, 5.74) is 0.462. The number of nitrogens with zero attached hydrogens (tertiary/aromatic N) is 2. The summed E-state index contributed by atoms with van der Waals surface area (Å²) >= 11 is 0. The largest absolute Gasteiger partial charge is 0.377 e. The van der Waals surface area contributed by atoms with Gasteiger partial charge in [0.05, 0.1) is 11.9 Å². The molecule has 3 rings (SSSR count). The molecule has 1 unspecified atom stereocenters. The third-order valence-corrected chi connectivity index (χ3v) is 7.67. The van der Waals surface area contributed by atoms with Crippen LogP contribution in [0.5, 0.6) is 0 Å². The molecule has 0 aromatic rings. The first kappa shape index (κ1) is 20.9. The summed E-state index contributed by atoms with van der Waals surface area (Å²) in [6.07, 6.45) is 11.1. The molecular weight excluding hydrogens is 364 g/mol. The van der Waals surface area contributed by atoms with Gasteiger partial charge in [-0.1, -0.05) is 19.3 Å². The Morgan fingerprint density at radius 1 is 1.19 bits per heavy atom. The molecule has 1 spiro atoms. The minimum Gasteiger partial charge on any atom is -0.377 e. The van der Waals surface area contributed by atoms with Gasteiger partial charge in [-0.3, -0.25) is 4.99 Å². The Bertz CT molecular complexity index is 596. The first-order chi connectivity index (χ1) is 13.0. The van der Waals surface area contributed by atoms with E-state index in [1.165, 1.54) is 38.5 Å². The Balaban J connectivity index is 1.40. The summed E-state index contributed by atoms with van der Waals surface area (Å²) < 4.78 is 32.8. The van der Waals surface area contributed by atoms with Crippen molar-refractivity contribution in [2.24, 2.45) is 10.4 Å².